The highest BCUT2D eigenvalue weighted by molar-refractivity contribution is 6.10. The molecule has 0 radical (unpaired) electrons. The normalized spacial score (nSPS) is 15.6. The first-order chi connectivity index (χ1) is 30.4. The minimum atomic E-state index is -1.28. The number of para-hydroxylation sites is 3. The zero-order valence-corrected chi connectivity index (χ0v) is 30.9. The van der Waals surface area contributed by atoms with Crippen molar-refractivity contribution in [1.29, 1.82) is 0 Å². The van der Waals surface area contributed by atoms with E-state index in [2.05, 4.69) is 131 Å². The standard InChI is InChI=1S/C55H38N2/c1-5-17-39(18-6-1)40-29-32-45(33-30-40)56(43-21-9-3-10-22-43)46-34-35-52-49(38-46)47-25-13-15-27-51(47)55(52,41-19-7-2-8-20-41)42-31-36-54-50(37-42)48-26-14-16-28-53(48)57(54)44-23-11-4-12-24-44/h1-38H/i2D,7D,8D,19D,20D. The molecule has 0 amide bonds. The highest BCUT2D eigenvalue weighted by Crippen LogP contribution is 2.57. The summed E-state index contributed by atoms with van der Waals surface area (Å²) in [6, 6.07) is 67.3. The van der Waals surface area contributed by atoms with Gasteiger partial charge in [-0.15, -0.1) is 0 Å². The lowest BCUT2D eigenvalue weighted by Crippen LogP contribution is -2.28. The van der Waals surface area contributed by atoms with Crippen LogP contribution in [0.2, 0.25) is 0 Å². The van der Waals surface area contributed by atoms with E-state index in [0.29, 0.717) is 0 Å². The van der Waals surface area contributed by atoms with Crippen LogP contribution in [0.3, 0.4) is 0 Å². The second kappa shape index (κ2) is 13.4. The largest absolute Gasteiger partial charge is 0.310 e. The van der Waals surface area contributed by atoms with Crippen molar-refractivity contribution < 1.29 is 6.85 Å². The van der Waals surface area contributed by atoms with Crippen LogP contribution < -0.4 is 4.90 Å². The van der Waals surface area contributed by atoms with Crippen LogP contribution in [-0.2, 0) is 5.41 Å². The van der Waals surface area contributed by atoms with Gasteiger partial charge in [0.2, 0.25) is 0 Å². The van der Waals surface area contributed by atoms with Crippen LogP contribution in [-0.4, -0.2) is 4.57 Å². The van der Waals surface area contributed by atoms with Gasteiger partial charge in [-0.25, -0.2) is 0 Å². The molecule has 1 unspecified atom stereocenters. The molecule has 0 spiro atoms. The molecule has 1 aromatic heterocycles. The fraction of sp³-hybridized carbons (Fsp3) is 0.0182. The van der Waals surface area contributed by atoms with Gasteiger partial charge in [-0.2, -0.15) is 0 Å². The van der Waals surface area contributed by atoms with Gasteiger partial charge in [-0.3, -0.25) is 0 Å². The molecule has 11 rings (SSSR count). The van der Waals surface area contributed by atoms with Crippen molar-refractivity contribution in [1.82, 2.24) is 4.57 Å². The maximum atomic E-state index is 9.60. The summed E-state index contributed by atoms with van der Waals surface area (Å²) in [5, 5.41) is 2.06. The Kier molecular flexibility index (Phi) is 6.60. The molecule has 2 heteroatoms. The third-order valence-corrected chi connectivity index (χ3v) is 11.5. The Hall–Kier alpha value is -7.42. The molecule has 1 aliphatic rings. The Morgan fingerprint density at radius 1 is 0.404 bits per heavy atom. The predicted octanol–water partition coefficient (Wildman–Crippen LogP) is 14.3. The van der Waals surface area contributed by atoms with Gasteiger partial charge < -0.3 is 9.47 Å². The minimum Gasteiger partial charge on any atom is -0.310 e. The van der Waals surface area contributed by atoms with E-state index in [1.165, 1.54) is 0 Å². The third kappa shape index (κ3) is 5.18. The number of hydrogen-bond donors (Lipinski definition) is 0. The van der Waals surface area contributed by atoms with Gasteiger partial charge in [0.25, 0.3) is 0 Å². The topological polar surface area (TPSA) is 8.17 Å². The monoisotopic (exact) mass is 731 g/mol. The Morgan fingerprint density at radius 3 is 1.79 bits per heavy atom. The smallest absolute Gasteiger partial charge is 0.0713 e. The number of hydrogen-bond acceptors (Lipinski definition) is 1. The van der Waals surface area contributed by atoms with Gasteiger partial charge in [-0.1, -0.05) is 164 Å². The van der Waals surface area contributed by atoms with E-state index >= 15 is 0 Å². The van der Waals surface area contributed by atoms with Crippen molar-refractivity contribution in [2.45, 2.75) is 5.41 Å². The van der Waals surface area contributed by atoms with Crippen molar-refractivity contribution in [3.05, 3.63) is 253 Å². The fourth-order valence-electron chi connectivity index (χ4n) is 9.09. The number of anilines is 3. The van der Waals surface area contributed by atoms with E-state index in [-0.39, 0.29) is 29.7 Å². The van der Waals surface area contributed by atoms with E-state index < -0.39 is 11.5 Å². The number of nitrogens with zero attached hydrogens (tertiary/aromatic N) is 2. The van der Waals surface area contributed by atoms with E-state index in [4.69, 9.17) is 4.11 Å². The first-order valence-electron chi connectivity index (χ1n) is 21.8. The van der Waals surface area contributed by atoms with E-state index in [1.54, 1.807) is 0 Å². The molecule has 0 N–H and O–H groups in total. The molecule has 0 saturated carbocycles. The van der Waals surface area contributed by atoms with Gasteiger partial charge in [0, 0.05) is 33.5 Å². The maximum absolute atomic E-state index is 9.60. The SMILES string of the molecule is [2H]c1c([2H])c([2H])c(C2(c3ccc4c(c3)c3ccccc3n4-c3ccccc3)c3ccccc3-c3cc(N(c4ccccc4)c4ccc(-c5ccccc5)cc4)ccc32)c([2H])c1[2H]. The zero-order valence-electron chi connectivity index (χ0n) is 35.9. The third-order valence-electron chi connectivity index (χ3n) is 11.5. The van der Waals surface area contributed by atoms with E-state index in [9.17, 15) is 2.74 Å². The van der Waals surface area contributed by atoms with Crippen LogP contribution >= 0.6 is 0 Å². The number of benzene rings is 9. The molecule has 0 fully saturated rings. The van der Waals surface area contributed by atoms with Crippen LogP contribution in [0.4, 0.5) is 17.1 Å². The summed E-state index contributed by atoms with van der Waals surface area (Å²) in [6.45, 7) is 0. The molecule has 2 nitrogen and oxygen atoms in total. The Bertz CT molecular complexity index is 3320. The second-order valence-electron chi connectivity index (χ2n) is 14.5. The molecule has 57 heavy (non-hydrogen) atoms. The molecule has 0 aliphatic heterocycles. The molecule has 1 heterocycles. The summed E-state index contributed by atoms with van der Waals surface area (Å²) in [5.74, 6) is 0. The molecule has 1 atom stereocenters. The lowest BCUT2D eigenvalue weighted by molar-refractivity contribution is 0.770. The van der Waals surface area contributed by atoms with Gasteiger partial charge >= 0.3 is 0 Å². The van der Waals surface area contributed by atoms with Crippen molar-refractivity contribution in [3.8, 4) is 27.9 Å². The van der Waals surface area contributed by atoms with Crippen LogP contribution in [0.5, 0.6) is 0 Å². The van der Waals surface area contributed by atoms with E-state index in [0.717, 1.165) is 83.5 Å². The van der Waals surface area contributed by atoms with Crippen molar-refractivity contribution >= 4 is 38.9 Å². The highest BCUT2D eigenvalue weighted by Gasteiger charge is 2.46. The molecule has 10 aromatic rings. The minimum absolute atomic E-state index is 0.223. The summed E-state index contributed by atoms with van der Waals surface area (Å²) in [6.07, 6.45) is 0. The maximum Gasteiger partial charge on any atom is 0.0713 e. The molecule has 0 saturated heterocycles. The molecule has 0 bridgehead atoms. The van der Waals surface area contributed by atoms with Gasteiger partial charge in [0.1, 0.15) is 0 Å². The Labute approximate surface area is 340 Å². The summed E-state index contributed by atoms with van der Waals surface area (Å²) in [4.78, 5) is 2.24. The molecule has 268 valence electrons. The zero-order chi connectivity index (χ0) is 42.1. The van der Waals surface area contributed by atoms with Crippen molar-refractivity contribution in [2.75, 3.05) is 4.90 Å². The first kappa shape index (κ1) is 28.1. The lowest BCUT2D eigenvalue weighted by atomic mass is 9.67. The Morgan fingerprint density at radius 2 is 1.00 bits per heavy atom. The summed E-state index contributed by atoms with van der Waals surface area (Å²) in [7, 11) is 0. The van der Waals surface area contributed by atoms with Crippen LogP contribution in [0.1, 0.15) is 29.1 Å². The van der Waals surface area contributed by atoms with Crippen LogP contribution in [0.15, 0.2) is 230 Å². The number of fused-ring (bicyclic) bond motifs is 6. The summed E-state index contributed by atoms with van der Waals surface area (Å²) >= 11 is 0. The van der Waals surface area contributed by atoms with E-state index in [1.807, 2.05) is 78.9 Å². The van der Waals surface area contributed by atoms with Crippen molar-refractivity contribution in [2.24, 2.45) is 0 Å². The number of rotatable bonds is 7. The molecular weight excluding hydrogens is 689 g/mol. The van der Waals surface area contributed by atoms with Gasteiger partial charge in [0.05, 0.1) is 23.3 Å². The average Bonchev–Trinajstić information content (AvgIpc) is 3.82. The fourth-order valence-corrected chi connectivity index (χ4v) is 9.09. The lowest BCUT2D eigenvalue weighted by Gasteiger charge is -2.34. The predicted molar refractivity (Wildman–Crippen MR) is 238 cm³/mol. The molecular formula is C55H38N2. The summed E-state index contributed by atoms with van der Waals surface area (Å²) < 4.78 is 48.1. The van der Waals surface area contributed by atoms with Crippen molar-refractivity contribution in [3.63, 3.8) is 0 Å². The van der Waals surface area contributed by atoms with Gasteiger partial charge in [-0.05, 0) is 111 Å². The quantitative estimate of drug-likeness (QED) is 0.158. The van der Waals surface area contributed by atoms with Crippen LogP contribution in [0, 0.1) is 0 Å². The number of aromatic nitrogens is 1. The average molecular weight is 732 g/mol. The molecule has 1 aliphatic carbocycles. The van der Waals surface area contributed by atoms with Gasteiger partial charge in [0.15, 0.2) is 0 Å². The first-order valence-corrected chi connectivity index (χ1v) is 19.3. The second-order valence-corrected chi connectivity index (χ2v) is 14.5. The molecule has 9 aromatic carbocycles. The highest BCUT2D eigenvalue weighted by atomic mass is 15.1. The summed E-state index contributed by atoms with van der Waals surface area (Å²) in [5.41, 5.74) is 11.6. The van der Waals surface area contributed by atoms with Crippen LogP contribution in [0.25, 0.3) is 49.7 Å². The Balaban J connectivity index is 1.19.